The van der Waals surface area contributed by atoms with Gasteiger partial charge in [0.2, 0.25) is 0 Å². The first kappa shape index (κ1) is 57.6. The quantitative estimate of drug-likeness (QED) is 0.0375. The van der Waals surface area contributed by atoms with Crippen LogP contribution in [0.3, 0.4) is 0 Å². The molecule has 0 saturated carbocycles. The molecule has 0 radical (unpaired) electrons. The topological polar surface area (TPSA) is 72.8 Å². The fraction of sp³-hybridized carbons (Fsp3) is 0.926. The molecular formula is C54H104O5. The lowest BCUT2D eigenvalue weighted by atomic mass is 10.0. The molecule has 0 aromatic rings. The van der Waals surface area contributed by atoms with Crippen LogP contribution in [0.1, 0.15) is 303 Å². The Morgan fingerprint density at radius 3 is 0.983 bits per heavy atom. The third kappa shape index (κ3) is 49.2. The zero-order chi connectivity index (χ0) is 42.8. The third-order valence-electron chi connectivity index (χ3n) is 12.3. The molecule has 5 heteroatoms. The van der Waals surface area contributed by atoms with Gasteiger partial charge in [0.25, 0.3) is 0 Å². The lowest BCUT2D eigenvalue weighted by molar-refractivity contribution is -0.161. The number of esters is 2. The second-order valence-electron chi connectivity index (χ2n) is 18.3. The Bertz CT molecular complexity index is 856. The van der Waals surface area contributed by atoms with Gasteiger partial charge in [-0.2, -0.15) is 0 Å². The highest BCUT2D eigenvalue weighted by molar-refractivity contribution is 5.70. The molecule has 1 unspecified atom stereocenters. The number of carbonyl (C=O) groups excluding carboxylic acids is 2. The zero-order valence-corrected chi connectivity index (χ0v) is 40.0. The minimum atomic E-state index is -0.769. The third-order valence-corrected chi connectivity index (χ3v) is 12.3. The number of aliphatic hydroxyl groups excluding tert-OH is 1. The Kier molecular flexibility index (Phi) is 49.8. The van der Waals surface area contributed by atoms with E-state index in [0.717, 1.165) is 44.9 Å². The molecule has 5 nitrogen and oxygen atoms in total. The van der Waals surface area contributed by atoms with Crippen molar-refractivity contribution in [1.82, 2.24) is 0 Å². The van der Waals surface area contributed by atoms with Crippen molar-refractivity contribution >= 4 is 11.9 Å². The molecule has 0 heterocycles. The average molecular weight is 833 g/mol. The smallest absolute Gasteiger partial charge is 0.306 e. The van der Waals surface area contributed by atoms with Crippen molar-refractivity contribution in [3.05, 3.63) is 12.2 Å². The first-order valence-electron chi connectivity index (χ1n) is 26.7. The van der Waals surface area contributed by atoms with E-state index in [4.69, 9.17) is 9.47 Å². The van der Waals surface area contributed by atoms with Gasteiger partial charge in [0.15, 0.2) is 6.10 Å². The minimum absolute atomic E-state index is 0.0632. The van der Waals surface area contributed by atoms with E-state index < -0.39 is 6.10 Å². The molecule has 0 aliphatic heterocycles. The first-order valence-corrected chi connectivity index (χ1v) is 26.7. The predicted octanol–water partition coefficient (Wildman–Crippen LogP) is 17.6. The van der Waals surface area contributed by atoms with Crippen molar-refractivity contribution in [3.63, 3.8) is 0 Å². The van der Waals surface area contributed by atoms with Crippen LogP contribution < -0.4 is 0 Å². The summed E-state index contributed by atoms with van der Waals surface area (Å²) >= 11 is 0. The van der Waals surface area contributed by atoms with Crippen LogP contribution in [-0.2, 0) is 19.1 Å². The van der Waals surface area contributed by atoms with Gasteiger partial charge in [0, 0.05) is 12.8 Å². The van der Waals surface area contributed by atoms with Crippen molar-refractivity contribution in [1.29, 1.82) is 0 Å². The number of aliphatic hydroxyl groups is 1. The molecule has 59 heavy (non-hydrogen) atoms. The molecule has 0 aliphatic rings. The lowest BCUT2D eigenvalue weighted by Gasteiger charge is -2.15. The molecular weight excluding hydrogens is 729 g/mol. The van der Waals surface area contributed by atoms with Crippen molar-refractivity contribution in [3.8, 4) is 0 Å². The number of hydrogen-bond acceptors (Lipinski definition) is 5. The second-order valence-corrected chi connectivity index (χ2v) is 18.3. The molecule has 0 aromatic heterocycles. The maximum absolute atomic E-state index is 12.1. The van der Waals surface area contributed by atoms with Gasteiger partial charge >= 0.3 is 11.9 Å². The number of ether oxygens (including phenoxy) is 2. The van der Waals surface area contributed by atoms with Gasteiger partial charge in [0.1, 0.15) is 6.61 Å². The molecule has 350 valence electrons. The minimum Gasteiger partial charge on any atom is -0.462 e. The van der Waals surface area contributed by atoms with Gasteiger partial charge in [-0.05, 0) is 32.1 Å². The Morgan fingerprint density at radius 1 is 0.373 bits per heavy atom. The van der Waals surface area contributed by atoms with E-state index in [-0.39, 0.29) is 25.2 Å². The molecule has 1 N–H and O–H groups in total. The lowest BCUT2D eigenvalue weighted by Crippen LogP contribution is -2.28. The van der Waals surface area contributed by atoms with E-state index >= 15 is 0 Å². The van der Waals surface area contributed by atoms with E-state index in [2.05, 4.69) is 26.0 Å². The van der Waals surface area contributed by atoms with Crippen molar-refractivity contribution < 1.29 is 24.2 Å². The predicted molar refractivity (Wildman–Crippen MR) is 256 cm³/mol. The van der Waals surface area contributed by atoms with Gasteiger partial charge in [-0.1, -0.05) is 270 Å². The van der Waals surface area contributed by atoms with Crippen molar-refractivity contribution in [2.75, 3.05) is 13.2 Å². The van der Waals surface area contributed by atoms with E-state index in [1.807, 2.05) is 0 Å². The number of unbranched alkanes of at least 4 members (excludes halogenated alkanes) is 40. The fourth-order valence-corrected chi connectivity index (χ4v) is 8.27. The molecule has 1 atom stereocenters. The van der Waals surface area contributed by atoms with Gasteiger partial charge in [-0.15, -0.1) is 0 Å². The summed E-state index contributed by atoms with van der Waals surface area (Å²) in [7, 11) is 0. The highest BCUT2D eigenvalue weighted by Gasteiger charge is 2.16. The highest BCUT2D eigenvalue weighted by Crippen LogP contribution is 2.18. The largest absolute Gasteiger partial charge is 0.462 e. The number of carbonyl (C=O) groups is 2. The SMILES string of the molecule is CCC/C=C\CCCCCCCC(=O)OC(CO)COC(=O)CCCCCCCCCCCCCCCCCCCCCCCCCCCCCCCCCCCCC. The molecule has 0 saturated heterocycles. The van der Waals surface area contributed by atoms with Gasteiger partial charge in [-0.3, -0.25) is 9.59 Å². The van der Waals surface area contributed by atoms with E-state index in [9.17, 15) is 14.7 Å². The summed E-state index contributed by atoms with van der Waals surface area (Å²) in [6, 6.07) is 0. The average Bonchev–Trinajstić information content (AvgIpc) is 3.24. The Balaban J connectivity index is 3.32. The number of allylic oxidation sites excluding steroid dienone is 2. The van der Waals surface area contributed by atoms with Crippen LogP contribution in [0.5, 0.6) is 0 Å². The Morgan fingerprint density at radius 2 is 0.661 bits per heavy atom. The molecule has 0 aliphatic carbocycles. The van der Waals surface area contributed by atoms with Crippen LogP contribution in [0.25, 0.3) is 0 Å². The standard InChI is InChI=1S/C54H104O5/c1-3-5-7-9-11-13-15-16-17-18-19-20-21-22-23-24-25-26-27-28-29-30-31-32-33-34-35-36-37-38-39-41-42-44-46-48-53(56)58-51-52(50-55)59-54(57)49-47-45-43-40-14-12-10-8-6-4-2/h8,10,52,55H,3-7,9,11-51H2,1-2H3/b10-8-. The second kappa shape index (κ2) is 51.0. The molecule has 0 bridgehead atoms. The molecule has 0 rings (SSSR count). The Labute approximate surface area is 369 Å². The summed E-state index contributed by atoms with van der Waals surface area (Å²) in [5, 5.41) is 9.57. The zero-order valence-electron chi connectivity index (χ0n) is 40.0. The van der Waals surface area contributed by atoms with Gasteiger partial charge < -0.3 is 14.6 Å². The number of hydrogen-bond donors (Lipinski definition) is 1. The summed E-state index contributed by atoms with van der Waals surface area (Å²) in [5.41, 5.74) is 0. The first-order chi connectivity index (χ1) is 29.1. The van der Waals surface area contributed by atoms with E-state index in [1.54, 1.807) is 0 Å². The van der Waals surface area contributed by atoms with Crippen LogP contribution in [-0.4, -0.2) is 36.4 Å². The van der Waals surface area contributed by atoms with Crippen molar-refractivity contribution in [2.45, 2.75) is 309 Å². The summed E-state index contributed by atoms with van der Waals surface area (Å²) in [4.78, 5) is 24.3. The number of rotatable bonds is 50. The highest BCUT2D eigenvalue weighted by atomic mass is 16.6. The normalized spacial score (nSPS) is 12.1. The van der Waals surface area contributed by atoms with Gasteiger partial charge in [-0.25, -0.2) is 0 Å². The van der Waals surface area contributed by atoms with Crippen molar-refractivity contribution in [2.24, 2.45) is 0 Å². The summed E-state index contributed by atoms with van der Waals surface area (Å²) in [5.74, 6) is -0.589. The maximum Gasteiger partial charge on any atom is 0.306 e. The van der Waals surface area contributed by atoms with E-state index in [0.29, 0.717) is 12.8 Å². The molecule has 0 aromatic carbocycles. The van der Waals surface area contributed by atoms with Gasteiger partial charge in [0.05, 0.1) is 6.61 Å². The van der Waals surface area contributed by atoms with E-state index in [1.165, 1.54) is 231 Å². The fourth-order valence-electron chi connectivity index (χ4n) is 8.27. The van der Waals surface area contributed by atoms with Crippen LogP contribution in [0.15, 0.2) is 12.2 Å². The maximum atomic E-state index is 12.1. The van der Waals surface area contributed by atoms with Crippen LogP contribution in [0.4, 0.5) is 0 Å². The van der Waals surface area contributed by atoms with Crippen LogP contribution in [0, 0.1) is 0 Å². The summed E-state index contributed by atoms with van der Waals surface area (Å²) in [6.45, 7) is 4.10. The van der Waals surface area contributed by atoms with Crippen LogP contribution in [0.2, 0.25) is 0 Å². The summed E-state index contributed by atoms with van der Waals surface area (Å²) < 4.78 is 10.6. The molecule has 0 spiro atoms. The summed E-state index contributed by atoms with van der Waals surface area (Å²) in [6.07, 6.45) is 62.2. The monoisotopic (exact) mass is 833 g/mol. The molecule has 0 fully saturated rings. The molecule has 0 amide bonds. The Hall–Kier alpha value is -1.36. The van der Waals surface area contributed by atoms with Crippen LogP contribution >= 0.6 is 0 Å².